The number of hydrogen-bond donors (Lipinski definition) is 2. The summed E-state index contributed by atoms with van der Waals surface area (Å²) in [4.78, 5) is 11.5. The maximum absolute atomic E-state index is 11.5. The number of ether oxygens (including phenoxy) is 1. The van der Waals surface area contributed by atoms with Crippen LogP contribution in [0.15, 0.2) is 12.4 Å². The van der Waals surface area contributed by atoms with Crippen LogP contribution in [0.5, 0.6) is 0 Å². The molecule has 0 saturated heterocycles. The molecule has 3 N–H and O–H groups in total. The first kappa shape index (κ1) is 13.0. The molecule has 0 aliphatic heterocycles. The van der Waals surface area contributed by atoms with Crippen LogP contribution in [0.25, 0.3) is 0 Å². The van der Waals surface area contributed by atoms with Gasteiger partial charge in [0, 0.05) is 18.8 Å². The predicted molar refractivity (Wildman–Crippen MR) is 64.9 cm³/mol. The lowest BCUT2D eigenvalue weighted by atomic mass is 10.1. The molecular formula is C12H19N3O3. The Morgan fingerprint density at radius 1 is 1.67 bits per heavy atom. The van der Waals surface area contributed by atoms with Crippen LogP contribution in [0, 0.1) is 5.92 Å². The van der Waals surface area contributed by atoms with Gasteiger partial charge in [-0.2, -0.15) is 5.10 Å². The second-order valence-electron chi connectivity index (χ2n) is 4.74. The molecule has 0 bridgehead atoms. The SMILES string of the molecule is CCOC(=O)c1cnn(CC2CC(N)C(O)C2)c1. The molecule has 2 rings (SSSR count). The maximum atomic E-state index is 11.5. The highest BCUT2D eigenvalue weighted by Crippen LogP contribution is 2.26. The average Bonchev–Trinajstić information content (AvgIpc) is 2.88. The van der Waals surface area contributed by atoms with Crippen molar-refractivity contribution in [3.05, 3.63) is 18.0 Å². The highest BCUT2D eigenvalue weighted by atomic mass is 16.5. The Hall–Kier alpha value is -1.40. The lowest BCUT2D eigenvalue weighted by molar-refractivity contribution is 0.0526. The zero-order chi connectivity index (χ0) is 13.1. The van der Waals surface area contributed by atoms with E-state index in [-0.39, 0.29) is 12.0 Å². The van der Waals surface area contributed by atoms with Crippen LogP contribution in [0.1, 0.15) is 30.1 Å². The summed E-state index contributed by atoms with van der Waals surface area (Å²) in [5, 5.41) is 13.7. The topological polar surface area (TPSA) is 90.4 Å². The smallest absolute Gasteiger partial charge is 0.341 e. The lowest BCUT2D eigenvalue weighted by Gasteiger charge is -2.08. The number of carbonyl (C=O) groups is 1. The fourth-order valence-electron chi connectivity index (χ4n) is 2.35. The van der Waals surface area contributed by atoms with E-state index in [9.17, 15) is 9.90 Å². The van der Waals surface area contributed by atoms with Crippen LogP contribution in [0.2, 0.25) is 0 Å². The number of aliphatic hydroxyl groups excluding tert-OH is 1. The number of hydrogen-bond acceptors (Lipinski definition) is 5. The van der Waals surface area contributed by atoms with Gasteiger partial charge in [0.1, 0.15) is 0 Å². The van der Waals surface area contributed by atoms with Crippen LogP contribution < -0.4 is 5.73 Å². The number of nitrogens with two attached hydrogens (primary N) is 1. The number of aliphatic hydroxyl groups is 1. The third kappa shape index (κ3) is 2.88. The standard InChI is InChI=1S/C12H19N3O3/c1-2-18-12(17)9-5-14-15(7-9)6-8-3-10(13)11(16)4-8/h5,7-8,10-11,16H,2-4,6,13H2,1H3. The molecule has 100 valence electrons. The van der Waals surface area contributed by atoms with Gasteiger partial charge >= 0.3 is 5.97 Å². The van der Waals surface area contributed by atoms with Gasteiger partial charge in [-0.05, 0) is 25.7 Å². The van der Waals surface area contributed by atoms with Crippen molar-refractivity contribution in [2.24, 2.45) is 11.7 Å². The normalized spacial score (nSPS) is 27.4. The van der Waals surface area contributed by atoms with E-state index in [1.165, 1.54) is 6.20 Å². The van der Waals surface area contributed by atoms with Gasteiger partial charge in [-0.3, -0.25) is 4.68 Å². The van der Waals surface area contributed by atoms with Crippen LogP contribution in [0.3, 0.4) is 0 Å². The largest absolute Gasteiger partial charge is 0.462 e. The van der Waals surface area contributed by atoms with Crippen molar-refractivity contribution in [2.45, 2.75) is 38.5 Å². The lowest BCUT2D eigenvalue weighted by Crippen LogP contribution is -2.28. The van der Waals surface area contributed by atoms with Crippen molar-refractivity contribution >= 4 is 5.97 Å². The van der Waals surface area contributed by atoms with E-state index in [1.807, 2.05) is 0 Å². The molecule has 1 aliphatic rings. The third-order valence-electron chi connectivity index (χ3n) is 3.26. The summed E-state index contributed by atoms with van der Waals surface area (Å²) >= 11 is 0. The Labute approximate surface area is 106 Å². The van der Waals surface area contributed by atoms with E-state index >= 15 is 0 Å². The van der Waals surface area contributed by atoms with Gasteiger partial charge in [-0.1, -0.05) is 0 Å². The summed E-state index contributed by atoms with van der Waals surface area (Å²) in [7, 11) is 0. The minimum Gasteiger partial charge on any atom is -0.462 e. The predicted octanol–water partition coefficient (Wildman–Crippen LogP) is 0.158. The first-order valence-electron chi connectivity index (χ1n) is 6.23. The number of esters is 1. The summed E-state index contributed by atoms with van der Waals surface area (Å²) in [5.74, 6) is -0.0446. The fourth-order valence-corrected chi connectivity index (χ4v) is 2.35. The van der Waals surface area contributed by atoms with Crippen molar-refractivity contribution in [1.82, 2.24) is 9.78 Å². The molecule has 0 amide bonds. The van der Waals surface area contributed by atoms with Gasteiger partial charge in [0.2, 0.25) is 0 Å². The molecule has 6 heteroatoms. The third-order valence-corrected chi connectivity index (χ3v) is 3.26. The fraction of sp³-hybridized carbons (Fsp3) is 0.667. The van der Waals surface area contributed by atoms with Crippen molar-refractivity contribution < 1.29 is 14.6 Å². The molecule has 3 atom stereocenters. The first-order valence-corrected chi connectivity index (χ1v) is 6.23. The van der Waals surface area contributed by atoms with E-state index in [2.05, 4.69) is 5.10 Å². The van der Waals surface area contributed by atoms with Crippen LogP contribution >= 0.6 is 0 Å². The van der Waals surface area contributed by atoms with Crippen LogP contribution in [0.4, 0.5) is 0 Å². The zero-order valence-corrected chi connectivity index (χ0v) is 10.5. The molecule has 3 unspecified atom stereocenters. The number of aromatic nitrogens is 2. The van der Waals surface area contributed by atoms with Gasteiger partial charge in [0.25, 0.3) is 0 Å². The second kappa shape index (κ2) is 5.49. The minimum absolute atomic E-state index is 0.143. The van der Waals surface area contributed by atoms with E-state index < -0.39 is 6.10 Å². The highest BCUT2D eigenvalue weighted by molar-refractivity contribution is 5.88. The summed E-state index contributed by atoms with van der Waals surface area (Å²) in [5.41, 5.74) is 6.22. The molecule has 0 radical (unpaired) electrons. The van der Waals surface area contributed by atoms with E-state index in [0.29, 0.717) is 31.1 Å². The molecule has 1 heterocycles. The molecular weight excluding hydrogens is 234 g/mol. The molecule has 1 aromatic heterocycles. The quantitative estimate of drug-likeness (QED) is 0.746. The van der Waals surface area contributed by atoms with Crippen molar-refractivity contribution in [3.8, 4) is 0 Å². The van der Waals surface area contributed by atoms with Crippen molar-refractivity contribution in [3.63, 3.8) is 0 Å². The summed E-state index contributed by atoms with van der Waals surface area (Å²) in [6.07, 6.45) is 4.23. The Morgan fingerprint density at radius 2 is 2.44 bits per heavy atom. The van der Waals surface area contributed by atoms with Gasteiger partial charge in [0.05, 0.1) is 24.5 Å². The van der Waals surface area contributed by atoms with Gasteiger partial charge in [0.15, 0.2) is 0 Å². The Bertz CT molecular complexity index is 408. The van der Waals surface area contributed by atoms with E-state index in [4.69, 9.17) is 10.5 Å². The minimum atomic E-state index is -0.421. The Kier molecular flexibility index (Phi) is 3.98. The maximum Gasteiger partial charge on any atom is 0.341 e. The van der Waals surface area contributed by atoms with E-state index in [1.54, 1.807) is 17.8 Å². The number of rotatable bonds is 4. The van der Waals surface area contributed by atoms with Crippen LogP contribution in [-0.2, 0) is 11.3 Å². The van der Waals surface area contributed by atoms with Crippen molar-refractivity contribution in [2.75, 3.05) is 6.61 Å². The molecule has 0 aromatic carbocycles. The van der Waals surface area contributed by atoms with Crippen LogP contribution in [-0.4, -0.2) is 39.6 Å². The zero-order valence-electron chi connectivity index (χ0n) is 10.5. The Balaban J connectivity index is 1.93. The summed E-state index contributed by atoms with van der Waals surface area (Å²) in [6, 6.07) is -0.143. The summed E-state index contributed by atoms with van der Waals surface area (Å²) < 4.78 is 6.60. The van der Waals surface area contributed by atoms with Gasteiger partial charge in [-0.15, -0.1) is 0 Å². The molecule has 1 fully saturated rings. The molecule has 6 nitrogen and oxygen atoms in total. The molecule has 18 heavy (non-hydrogen) atoms. The van der Waals surface area contributed by atoms with Crippen molar-refractivity contribution in [1.29, 1.82) is 0 Å². The molecule has 0 spiro atoms. The second-order valence-corrected chi connectivity index (χ2v) is 4.74. The first-order chi connectivity index (χ1) is 8.60. The number of nitrogens with zero attached hydrogens (tertiary/aromatic N) is 2. The van der Waals surface area contributed by atoms with Gasteiger partial charge < -0.3 is 15.6 Å². The average molecular weight is 253 g/mol. The monoisotopic (exact) mass is 253 g/mol. The molecule has 1 aromatic rings. The Morgan fingerprint density at radius 3 is 3.06 bits per heavy atom. The summed E-state index contributed by atoms with van der Waals surface area (Å²) in [6.45, 7) is 2.79. The van der Waals surface area contributed by atoms with Gasteiger partial charge in [-0.25, -0.2) is 4.79 Å². The number of carbonyl (C=O) groups excluding carboxylic acids is 1. The van der Waals surface area contributed by atoms with E-state index in [0.717, 1.165) is 6.42 Å². The highest BCUT2D eigenvalue weighted by Gasteiger charge is 2.30. The molecule has 1 aliphatic carbocycles. The molecule has 1 saturated carbocycles.